The maximum absolute atomic E-state index is 13.7. The maximum Gasteiger partial charge on any atom is 0.271 e. The first kappa shape index (κ1) is 22.6. The second kappa shape index (κ2) is 9.90. The van der Waals surface area contributed by atoms with Crippen molar-refractivity contribution in [1.82, 2.24) is 19.4 Å². The van der Waals surface area contributed by atoms with Crippen molar-refractivity contribution in [2.75, 3.05) is 26.7 Å². The molecule has 0 saturated carbocycles. The average Bonchev–Trinajstić information content (AvgIpc) is 3.17. The SMILES string of the molecule is CCN(CC)CCCn1c(-c2ccccc2)nc2c(sc3nc(C)cc(COC)c32)c1=O. The summed E-state index contributed by atoms with van der Waals surface area (Å²) in [4.78, 5) is 26.7. The smallest absolute Gasteiger partial charge is 0.271 e. The van der Waals surface area contributed by atoms with Crippen LogP contribution in [-0.2, 0) is 17.9 Å². The fraction of sp³-hybridized carbons (Fsp3) is 0.400. The zero-order valence-electron chi connectivity index (χ0n) is 19.2. The Morgan fingerprint density at radius 2 is 1.88 bits per heavy atom. The summed E-state index contributed by atoms with van der Waals surface area (Å²) in [5, 5.41) is 0.932. The van der Waals surface area contributed by atoms with Crippen LogP contribution in [0.5, 0.6) is 0 Å². The number of benzene rings is 1. The quantitative estimate of drug-likeness (QED) is 0.364. The molecule has 0 unspecified atom stereocenters. The molecule has 3 heterocycles. The van der Waals surface area contributed by atoms with E-state index in [4.69, 9.17) is 14.7 Å². The highest BCUT2D eigenvalue weighted by molar-refractivity contribution is 7.25. The van der Waals surface area contributed by atoms with Gasteiger partial charge < -0.3 is 9.64 Å². The summed E-state index contributed by atoms with van der Waals surface area (Å²) < 4.78 is 7.95. The van der Waals surface area contributed by atoms with Crippen LogP contribution in [0.2, 0.25) is 0 Å². The molecule has 4 aromatic rings. The maximum atomic E-state index is 13.7. The molecule has 0 amide bonds. The summed E-state index contributed by atoms with van der Waals surface area (Å²) in [6.45, 7) is 10.4. The second-order valence-electron chi connectivity index (χ2n) is 7.95. The summed E-state index contributed by atoms with van der Waals surface area (Å²) in [7, 11) is 1.68. The summed E-state index contributed by atoms with van der Waals surface area (Å²) >= 11 is 1.44. The molecular weight excluding hydrogens is 420 g/mol. The molecule has 32 heavy (non-hydrogen) atoms. The van der Waals surface area contributed by atoms with Crippen molar-refractivity contribution in [3.8, 4) is 11.4 Å². The molecule has 0 fully saturated rings. The van der Waals surface area contributed by atoms with Gasteiger partial charge in [0.25, 0.3) is 5.56 Å². The Kier molecular flexibility index (Phi) is 6.98. The molecule has 0 aliphatic heterocycles. The van der Waals surface area contributed by atoms with Crippen LogP contribution >= 0.6 is 11.3 Å². The molecule has 0 spiro atoms. The molecule has 0 saturated heterocycles. The third kappa shape index (κ3) is 4.33. The highest BCUT2D eigenvalue weighted by Crippen LogP contribution is 2.34. The van der Waals surface area contributed by atoms with Gasteiger partial charge in [-0.2, -0.15) is 0 Å². The third-order valence-corrected chi connectivity index (χ3v) is 6.90. The lowest BCUT2D eigenvalue weighted by atomic mass is 10.1. The highest BCUT2D eigenvalue weighted by Gasteiger charge is 2.20. The van der Waals surface area contributed by atoms with Crippen LogP contribution < -0.4 is 5.56 Å². The van der Waals surface area contributed by atoms with E-state index < -0.39 is 0 Å². The molecule has 0 aliphatic carbocycles. The van der Waals surface area contributed by atoms with Gasteiger partial charge in [-0.05, 0) is 44.6 Å². The van der Waals surface area contributed by atoms with E-state index in [1.165, 1.54) is 11.3 Å². The molecule has 6 nitrogen and oxygen atoms in total. The number of aryl methyl sites for hydroxylation is 1. The number of ether oxygens (including phenoxy) is 1. The van der Waals surface area contributed by atoms with Crippen molar-refractivity contribution < 1.29 is 4.74 Å². The minimum Gasteiger partial charge on any atom is -0.380 e. The largest absolute Gasteiger partial charge is 0.380 e. The monoisotopic (exact) mass is 450 g/mol. The average molecular weight is 451 g/mol. The number of fused-ring (bicyclic) bond motifs is 3. The topological polar surface area (TPSA) is 60.3 Å². The van der Waals surface area contributed by atoms with Gasteiger partial charge >= 0.3 is 0 Å². The van der Waals surface area contributed by atoms with Crippen LogP contribution in [0.4, 0.5) is 0 Å². The first-order valence-corrected chi connectivity index (χ1v) is 12.0. The number of hydrogen-bond acceptors (Lipinski definition) is 6. The summed E-state index contributed by atoms with van der Waals surface area (Å²) in [6, 6.07) is 12.0. The van der Waals surface area contributed by atoms with Gasteiger partial charge in [0, 0.05) is 30.3 Å². The molecule has 0 N–H and O–H groups in total. The number of pyridine rings is 1. The van der Waals surface area contributed by atoms with Crippen molar-refractivity contribution >= 4 is 31.8 Å². The van der Waals surface area contributed by atoms with E-state index in [-0.39, 0.29) is 5.56 Å². The lowest BCUT2D eigenvalue weighted by Crippen LogP contribution is -2.28. The normalized spacial score (nSPS) is 11.8. The molecule has 4 rings (SSSR count). The van der Waals surface area contributed by atoms with E-state index in [9.17, 15) is 4.79 Å². The van der Waals surface area contributed by atoms with Crippen molar-refractivity contribution in [3.63, 3.8) is 0 Å². The molecule has 0 bridgehead atoms. The minimum absolute atomic E-state index is 0.0115. The zero-order valence-corrected chi connectivity index (χ0v) is 20.0. The Hall–Kier alpha value is -2.61. The first-order chi connectivity index (χ1) is 15.6. The van der Waals surface area contributed by atoms with Crippen LogP contribution in [0.1, 0.15) is 31.5 Å². The fourth-order valence-electron chi connectivity index (χ4n) is 4.21. The van der Waals surface area contributed by atoms with E-state index in [2.05, 4.69) is 18.7 Å². The van der Waals surface area contributed by atoms with Gasteiger partial charge in [-0.3, -0.25) is 9.36 Å². The lowest BCUT2D eigenvalue weighted by molar-refractivity contribution is 0.186. The van der Waals surface area contributed by atoms with Gasteiger partial charge in [-0.15, -0.1) is 11.3 Å². The highest BCUT2D eigenvalue weighted by atomic mass is 32.1. The number of aromatic nitrogens is 3. The van der Waals surface area contributed by atoms with Crippen molar-refractivity contribution in [3.05, 3.63) is 58.0 Å². The van der Waals surface area contributed by atoms with Crippen molar-refractivity contribution in [1.29, 1.82) is 0 Å². The van der Waals surface area contributed by atoms with Crippen molar-refractivity contribution in [2.45, 2.75) is 40.3 Å². The Morgan fingerprint density at radius 1 is 1.12 bits per heavy atom. The molecule has 0 atom stereocenters. The number of hydrogen-bond donors (Lipinski definition) is 0. The summed E-state index contributed by atoms with van der Waals surface area (Å²) in [5.74, 6) is 0.714. The second-order valence-corrected chi connectivity index (χ2v) is 8.95. The molecule has 7 heteroatoms. The first-order valence-electron chi connectivity index (χ1n) is 11.2. The van der Waals surface area contributed by atoms with E-state index >= 15 is 0 Å². The summed E-state index contributed by atoms with van der Waals surface area (Å²) in [6.07, 6.45) is 0.895. The van der Waals surface area contributed by atoms with Gasteiger partial charge in [0.1, 0.15) is 15.4 Å². The lowest BCUT2D eigenvalue weighted by Gasteiger charge is -2.19. The molecule has 168 valence electrons. The number of thiophene rings is 1. The zero-order chi connectivity index (χ0) is 22.7. The van der Waals surface area contributed by atoms with Gasteiger partial charge in [0.05, 0.1) is 12.1 Å². The molecular formula is C25H30N4O2S. The van der Waals surface area contributed by atoms with Crippen LogP contribution in [0.15, 0.2) is 41.2 Å². The van der Waals surface area contributed by atoms with Crippen LogP contribution in [0, 0.1) is 6.92 Å². The van der Waals surface area contributed by atoms with Gasteiger partial charge in [-0.1, -0.05) is 44.2 Å². The van der Waals surface area contributed by atoms with E-state index in [1.54, 1.807) is 7.11 Å². The van der Waals surface area contributed by atoms with Gasteiger partial charge in [-0.25, -0.2) is 9.97 Å². The number of rotatable bonds is 9. The summed E-state index contributed by atoms with van der Waals surface area (Å²) in [5.41, 5.74) is 3.62. The van der Waals surface area contributed by atoms with Crippen molar-refractivity contribution in [2.24, 2.45) is 0 Å². The standard InChI is InChI=1S/C25H30N4O2S/c1-5-28(6-2)13-10-14-29-23(18-11-8-7-9-12-18)27-21-20-19(16-31-4)15-17(3)26-24(20)32-22(21)25(29)30/h7-9,11-12,15H,5-6,10,13-14,16H2,1-4H3. The Bertz CT molecular complexity index is 1280. The molecule has 1 aromatic carbocycles. The van der Waals surface area contributed by atoms with Crippen LogP contribution in [0.25, 0.3) is 31.8 Å². The van der Waals surface area contributed by atoms with Gasteiger partial charge in [0.15, 0.2) is 0 Å². The van der Waals surface area contributed by atoms with Crippen LogP contribution in [0.3, 0.4) is 0 Å². The van der Waals surface area contributed by atoms with Gasteiger partial charge in [0.2, 0.25) is 0 Å². The predicted molar refractivity (Wildman–Crippen MR) is 132 cm³/mol. The van der Waals surface area contributed by atoms with E-state index in [1.807, 2.05) is 47.9 Å². The molecule has 0 aliphatic rings. The fourth-order valence-corrected chi connectivity index (χ4v) is 5.36. The van der Waals surface area contributed by atoms with Crippen LogP contribution in [-0.4, -0.2) is 46.2 Å². The number of methoxy groups -OCH3 is 1. The third-order valence-electron chi connectivity index (χ3n) is 5.84. The molecule has 0 radical (unpaired) electrons. The Balaban J connectivity index is 1.92. The Morgan fingerprint density at radius 3 is 2.56 bits per heavy atom. The minimum atomic E-state index is 0.0115. The Labute approximate surface area is 192 Å². The molecule has 3 aromatic heterocycles. The number of nitrogens with zero attached hydrogens (tertiary/aromatic N) is 4. The van der Waals surface area contributed by atoms with E-state index in [0.29, 0.717) is 23.7 Å². The van der Waals surface area contributed by atoms with E-state index in [0.717, 1.165) is 58.6 Å². The predicted octanol–water partition coefficient (Wildman–Crippen LogP) is 4.86.